The largest absolute Gasteiger partial charge is 0.467 e. The number of morpholine rings is 1. The summed E-state index contributed by atoms with van der Waals surface area (Å²) >= 11 is 0. The van der Waals surface area contributed by atoms with E-state index >= 15 is 0 Å². The predicted molar refractivity (Wildman–Crippen MR) is 94.4 cm³/mol. The van der Waals surface area contributed by atoms with E-state index in [1.54, 1.807) is 11.0 Å². The number of rotatable bonds is 3. The van der Waals surface area contributed by atoms with Crippen molar-refractivity contribution < 1.29 is 18.3 Å². The Bertz CT molecular complexity index is 798. The van der Waals surface area contributed by atoms with Crippen molar-refractivity contribution in [1.29, 1.82) is 0 Å². The SMILES string of the molecule is CC1c2cc(F)ccc2CCN1C(=O)c1coc(CN2CCOCC2)c1. The lowest BCUT2D eigenvalue weighted by molar-refractivity contribution is 0.0313. The van der Waals surface area contributed by atoms with E-state index in [-0.39, 0.29) is 17.8 Å². The Morgan fingerprint density at radius 1 is 1.23 bits per heavy atom. The van der Waals surface area contributed by atoms with Gasteiger partial charge in [0.05, 0.1) is 31.4 Å². The number of benzene rings is 1. The van der Waals surface area contributed by atoms with Crippen LogP contribution >= 0.6 is 0 Å². The number of halogens is 1. The van der Waals surface area contributed by atoms with Crippen molar-refractivity contribution in [3.8, 4) is 0 Å². The fourth-order valence-electron chi connectivity index (χ4n) is 3.78. The van der Waals surface area contributed by atoms with E-state index in [1.165, 1.54) is 12.3 Å². The molecular formula is C20H23FN2O3. The fraction of sp³-hybridized carbons (Fsp3) is 0.450. The number of furan rings is 1. The van der Waals surface area contributed by atoms with Crippen LogP contribution in [0, 0.1) is 5.82 Å². The molecule has 138 valence electrons. The minimum atomic E-state index is -0.263. The predicted octanol–water partition coefficient (Wildman–Crippen LogP) is 3.01. The van der Waals surface area contributed by atoms with Crippen LogP contribution in [-0.2, 0) is 17.7 Å². The maximum Gasteiger partial charge on any atom is 0.257 e. The van der Waals surface area contributed by atoms with Gasteiger partial charge in [-0.05, 0) is 42.7 Å². The molecule has 2 aromatic rings. The van der Waals surface area contributed by atoms with E-state index in [4.69, 9.17) is 9.15 Å². The lowest BCUT2D eigenvalue weighted by Crippen LogP contribution is -2.38. The lowest BCUT2D eigenvalue weighted by Gasteiger charge is -2.35. The molecule has 0 spiro atoms. The molecule has 3 heterocycles. The monoisotopic (exact) mass is 358 g/mol. The summed E-state index contributed by atoms with van der Waals surface area (Å²) in [5.74, 6) is 0.455. The molecule has 0 N–H and O–H groups in total. The second-order valence-corrected chi connectivity index (χ2v) is 6.96. The summed E-state index contributed by atoms with van der Waals surface area (Å²) in [6.07, 6.45) is 2.27. The van der Waals surface area contributed by atoms with Crippen LogP contribution in [0.5, 0.6) is 0 Å². The molecule has 5 nitrogen and oxygen atoms in total. The zero-order valence-corrected chi connectivity index (χ0v) is 14.9. The average Bonchev–Trinajstić information content (AvgIpc) is 3.11. The third-order valence-corrected chi connectivity index (χ3v) is 5.29. The summed E-state index contributed by atoms with van der Waals surface area (Å²) in [6, 6.07) is 6.52. The van der Waals surface area contributed by atoms with E-state index in [0.717, 1.165) is 49.6 Å². The highest BCUT2D eigenvalue weighted by Gasteiger charge is 2.29. The highest BCUT2D eigenvalue weighted by atomic mass is 19.1. The van der Waals surface area contributed by atoms with E-state index in [0.29, 0.717) is 18.7 Å². The number of amides is 1. The summed E-state index contributed by atoms with van der Waals surface area (Å²) in [6.45, 7) is 6.46. The van der Waals surface area contributed by atoms with Crippen molar-refractivity contribution in [2.75, 3.05) is 32.8 Å². The molecule has 1 atom stereocenters. The van der Waals surface area contributed by atoms with E-state index in [1.807, 2.05) is 19.1 Å². The molecule has 1 unspecified atom stereocenters. The molecule has 1 saturated heterocycles. The van der Waals surface area contributed by atoms with Crippen LogP contribution in [0.15, 0.2) is 34.9 Å². The summed E-state index contributed by atoms with van der Waals surface area (Å²) < 4.78 is 24.6. The molecule has 2 aliphatic rings. The molecule has 1 fully saturated rings. The summed E-state index contributed by atoms with van der Waals surface area (Å²) in [4.78, 5) is 17.0. The van der Waals surface area contributed by atoms with Gasteiger partial charge in [-0.15, -0.1) is 0 Å². The van der Waals surface area contributed by atoms with Gasteiger partial charge >= 0.3 is 0 Å². The van der Waals surface area contributed by atoms with Gasteiger partial charge in [0.15, 0.2) is 0 Å². The Morgan fingerprint density at radius 3 is 2.85 bits per heavy atom. The lowest BCUT2D eigenvalue weighted by atomic mass is 9.93. The zero-order chi connectivity index (χ0) is 18.1. The fourth-order valence-corrected chi connectivity index (χ4v) is 3.78. The molecule has 1 aromatic heterocycles. The first-order valence-corrected chi connectivity index (χ1v) is 9.08. The minimum absolute atomic E-state index is 0.0654. The Hall–Kier alpha value is -2.18. The maximum atomic E-state index is 13.6. The molecule has 1 amide bonds. The van der Waals surface area contributed by atoms with Gasteiger partial charge in [0, 0.05) is 19.6 Å². The summed E-state index contributed by atoms with van der Waals surface area (Å²) in [5, 5.41) is 0. The number of ether oxygens (including phenoxy) is 1. The van der Waals surface area contributed by atoms with Crippen molar-refractivity contribution in [3.05, 3.63) is 58.8 Å². The molecule has 6 heteroatoms. The van der Waals surface area contributed by atoms with Crippen molar-refractivity contribution in [1.82, 2.24) is 9.80 Å². The van der Waals surface area contributed by atoms with Gasteiger partial charge in [-0.2, -0.15) is 0 Å². The topological polar surface area (TPSA) is 45.9 Å². The van der Waals surface area contributed by atoms with Gasteiger partial charge in [-0.3, -0.25) is 9.69 Å². The van der Waals surface area contributed by atoms with Gasteiger partial charge < -0.3 is 14.1 Å². The standard InChI is InChI=1S/C20H23FN2O3/c1-14-19-11-17(21)3-2-15(19)4-5-23(14)20(24)16-10-18(26-13-16)12-22-6-8-25-9-7-22/h2-3,10-11,13-14H,4-9,12H2,1H3. The second kappa shape index (κ2) is 7.21. The van der Waals surface area contributed by atoms with Crippen LogP contribution in [0.2, 0.25) is 0 Å². The van der Waals surface area contributed by atoms with Crippen LogP contribution in [0.4, 0.5) is 4.39 Å². The third-order valence-electron chi connectivity index (χ3n) is 5.29. The van der Waals surface area contributed by atoms with Gasteiger partial charge in [0.25, 0.3) is 5.91 Å². The first-order chi connectivity index (χ1) is 12.6. The molecule has 4 rings (SSSR count). The number of carbonyl (C=O) groups is 1. The summed E-state index contributed by atoms with van der Waals surface area (Å²) in [5.41, 5.74) is 2.56. The number of hydrogen-bond donors (Lipinski definition) is 0. The van der Waals surface area contributed by atoms with Crippen molar-refractivity contribution >= 4 is 5.91 Å². The Labute approximate surface area is 152 Å². The Morgan fingerprint density at radius 2 is 2.04 bits per heavy atom. The molecule has 0 radical (unpaired) electrons. The minimum Gasteiger partial charge on any atom is -0.467 e. The van der Waals surface area contributed by atoms with Crippen molar-refractivity contribution in [2.24, 2.45) is 0 Å². The molecule has 26 heavy (non-hydrogen) atoms. The smallest absolute Gasteiger partial charge is 0.257 e. The highest BCUT2D eigenvalue weighted by Crippen LogP contribution is 2.31. The van der Waals surface area contributed by atoms with Crippen LogP contribution in [0.3, 0.4) is 0 Å². The second-order valence-electron chi connectivity index (χ2n) is 6.96. The van der Waals surface area contributed by atoms with Crippen LogP contribution in [0.1, 0.15) is 40.2 Å². The van der Waals surface area contributed by atoms with Crippen LogP contribution < -0.4 is 0 Å². The maximum absolute atomic E-state index is 13.6. The van der Waals surface area contributed by atoms with E-state index in [2.05, 4.69) is 4.90 Å². The molecule has 0 bridgehead atoms. The molecular weight excluding hydrogens is 335 g/mol. The third kappa shape index (κ3) is 3.39. The summed E-state index contributed by atoms with van der Waals surface area (Å²) in [7, 11) is 0. The number of carbonyl (C=O) groups excluding carboxylic acids is 1. The Balaban J connectivity index is 1.47. The number of nitrogens with zero attached hydrogens (tertiary/aromatic N) is 2. The Kier molecular flexibility index (Phi) is 4.78. The normalized spacial score (nSPS) is 20.8. The zero-order valence-electron chi connectivity index (χ0n) is 14.9. The quantitative estimate of drug-likeness (QED) is 0.846. The first kappa shape index (κ1) is 17.2. The van der Waals surface area contributed by atoms with Crippen LogP contribution in [0.25, 0.3) is 0 Å². The molecule has 2 aliphatic heterocycles. The molecule has 0 aliphatic carbocycles. The highest BCUT2D eigenvalue weighted by molar-refractivity contribution is 5.94. The van der Waals surface area contributed by atoms with Gasteiger partial charge in [0.2, 0.25) is 0 Å². The first-order valence-electron chi connectivity index (χ1n) is 9.08. The molecule has 1 aromatic carbocycles. The average molecular weight is 358 g/mol. The van der Waals surface area contributed by atoms with Crippen molar-refractivity contribution in [2.45, 2.75) is 25.9 Å². The number of hydrogen-bond acceptors (Lipinski definition) is 4. The van der Waals surface area contributed by atoms with Gasteiger partial charge in [-0.25, -0.2) is 4.39 Å². The van der Waals surface area contributed by atoms with E-state index < -0.39 is 0 Å². The number of fused-ring (bicyclic) bond motifs is 1. The van der Waals surface area contributed by atoms with Gasteiger partial charge in [-0.1, -0.05) is 6.07 Å². The van der Waals surface area contributed by atoms with Crippen molar-refractivity contribution in [3.63, 3.8) is 0 Å². The van der Waals surface area contributed by atoms with Gasteiger partial charge in [0.1, 0.15) is 17.8 Å². The molecule has 0 saturated carbocycles. The van der Waals surface area contributed by atoms with E-state index in [9.17, 15) is 9.18 Å². The van der Waals surface area contributed by atoms with Crippen LogP contribution in [-0.4, -0.2) is 48.6 Å².